The topological polar surface area (TPSA) is 34.1 Å². The number of halogens is 1. The van der Waals surface area contributed by atoms with Gasteiger partial charge in [0.05, 0.1) is 5.92 Å². The van der Waals surface area contributed by atoms with Gasteiger partial charge in [-0.3, -0.25) is 9.59 Å². The maximum absolute atomic E-state index is 10.8. The first kappa shape index (κ1) is 7.73. The molecule has 0 aromatic heterocycles. The Morgan fingerprint density at radius 3 is 2.10 bits per heavy atom. The molecule has 0 aromatic carbocycles. The summed E-state index contributed by atoms with van der Waals surface area (Å²) in [6, 6.07) is 0. The lowest BCUT2D eigenvalue weighted by molar-refractivity contribution is -0.128. The average molecular weight is 161 g/mol. The van der Waals surface area contributed by atoms with Gasteiger partial charge in [-0.25, -0.2) is 0 Å². The molecule has 0 aromatic rings. The van der Waals surface area contributed by atoms with E-state index in [1.165, 1.54) is 6.92 Å². The molecule has 0 saturated heterocycles. The fraction of sp³-hybridized carbons (Fsp3) is 0.714. The Labute approximate surface area is 64.5 Å². The third-order valence-corrected chi connectivity index (χ3v) is 2.01. The summed E-state index contributed by atoms with van der Waals surface area (Å²) >= 11 is 5.21. The Morgan fingerprint density at radius 1 is 1.50 bits per heavy atom. The van der Waals surface area contributed by atoms with Crippen LogP contribution in [0.3, 0.4) is 0 Å². The van der Waals surface area contributed by atoms with E-state index in [1.54, 1.807) is 0 Å². The molecule has 0 aliphatic heterocycles. The predicted octanol–water partition coefficient (Wildman–Crippen LogP) is 1.37. The van der Waals surface area contributed by atoms with Crippen LogP contribution in [0.2, 0.25) is 0 Å². The van der Waals surface area contributed by atoms with E-state index < -0.39 is 11.2 Å². The summed E-state index contributed by atoms with van der Waals surface area (Å²) in [5.41, 5.74) is 0. The molecule has 0 spiro atoms. The Balaban J connectivity index is 2.58. The molecule has 0 N–H and O–H groups in total. The molecule has 0 amide bonds. The number of carbonyl (C=O) groups excluding carboxylic acids is 2. The standard InChI is InChI=1S/C7H9ClO2/c1-4(9)6(7(8)10)5-2-3-5/h5-6H,2-3H2,1H3. The normalized spacial score (nSPS) is 20.2. The molecule has 1 unspecified atom stereocenters. The van der Waals surface area contributed by atoms with Crippen LogP contribution in [-0.2, 0) is 9.59 Å². The molecule has 0 bridgehead atoms. The molecule has 0 radical (unpaired) electrons. The van der Waals surface area contributed by atoms with E-state index in [4.69, 9.17) is 11.6 Å². The zero-order valence-electron chi connectivity index (χ0n) is 5.76. The van der Waals surface area contributed by atoms with Gasteiger partial charge in [-0.1, -0.05) is 0 Å². The highest BCUT2D eigenvalue weighted by molar-refractivity contribution is 6.65. The molecular weight excluding hydrogens is 152 g/mol. The van der Waals surface area contributed by atoms with Crippen molar-refractivity contribution in [3.63, 3.8) is 0 Å². The lowest BCUT2D eigenvalue weighted by Crippen LogP contribution is -2.19. The lowest BCUT2D eigenvalue weighted by Gasteiger charge is -2.04. The molecule has 10 heavy (non-hydrogen) atoms. The third-order valence-electron chi connectivity index (χ3n) is 1.78. The first-order chi connectivity index (χ1) is 4.63. The molecule has 1 atom stereocenters. The number of carbonyl (C=O) groups is 2. The second kappa shape index (κ2) is 2.70. The van der Waals surface area contributed by atoms with Gasteiger partial charge >= 0.3 is 0 Å². The maximum Gasteiger partial charge on any atom is 0.232 e. The van der Waals surface area contributed by atoms with Crippen LogP contribution in [0.4, 0.5) is 0 Å². The number of rotatable bonds is 3. The van der Waals surface area contributed by atoms with Crippen molar-refractivity contribution in [3.8, 4) is 0 Å². The molecule has 1 rings (SSSR count). The SMILES string of the molecule is CC(=O)C(C(=O)Cl)C1CC1. The van der Waals surface area contributed by atoms with Crippen LogP contribution in [0, 0.1) is 11.8 Å². The summed E-state index contributed by atoms with van der Waals surface area (Å²) in [6.45, 7) is 1.42. The third kappa shape index (κ3) is 1.57. The summed E-state index contributed by atoms with van der Waals surface area (Å²) in [4.78, 5) is 21.4. The summed E-state index contributed by atoms with van der Waals surface area (Å²) in [6.07, 6.45) is 1.95. The van der Waals surface area contributed by atoms with E-state index >= 15 is 0 Å². The summed E-state index contributed by atoms with van der Waals surface area (Å²) in [5, 5.41) is -0.491. The monoisotopic (exact) mass is 160 g/mol. The maximum atomic E-state index is 10.8. The van der Waals surface area contributed by atoms with Gasteiger partial charge in [0.1, 0.15) is 5.78 Å². The van der Waals surface area contributed by atoms with Crippen LogP contribution in [-0.4, -0.2) is 11.0 Å². The van der Waals surface area contributed by atoms with Crippen molar-refractivity contribution in [2.75, 3.05) is 0 Å². The van der Waals surface area contributed by atoms with E-state index in [0.717, 1.165) is 12.8 Å². The number of Topliss-reactive ketones (excluding diaryl/α,β-unsaturated/α-hetero) is 1. The van der Waals surface area contributed by atoms with E-state index in [-0.39, 0.29) is 11.7 Å². The first-order valence-electron chi connectivity index (χ1n) is 3.32. The zero-order valence-corrected chi connectivity index (χ0v) is 6.52. The largest absolute Gasteiger partial charge is 0.299 e. The van der Waals surface area contributed by atoms with Gasteiger partial charge in [-0.2, -0.15) is 0 Å². The predicted molar refractivity (Wildman–Crippen MR) is 37.8 cm³/mol. The molecule has 0 heterocycles. The number of hydrogen-bond donors (Lipinski definition) is 0. The van der Waals surface area contributed by atoms with E-state index in [0.29, 0.717) is 0 Å². The van der Waals surface area contributed by atoms with E-state index in [2.05, 4.69) is 0 Å². The molecule has 1 fully saturated rings. The van der Waals surface area contributed by atoms with Crippen molar-refractivity contribution in [2.45, 2.75) is 19.8 Å². The van der Waals surface area contributed by atoms with Crippen molar-refractivity contribution >= 4 is 22.6 Å². The smallest absolute Gasteiger partial charge is 0.232 e. The van der Waals surface area contributed by atoms with Gasteiger partial charge in [0.15, 0.2) is 0 Å². The quantitative estimate of drug-likeness (QED) is 0.462. The van der Waals surface area contributed by atoms with Gasteiger partial charge < -0.3 is 0 Å². The van der Waals surface area contributed by atoms with Crippen LogP contribution in [0.25, 0.3) is 0 Å². The molecule has 1 saturated carbocycles. The highest BCUT2D eigenvalue weighted by Crippen LogP contribution is 2.38. The van der Waals surface area contributed by atoms with Gasteiger partial charge in [0, 0.05) is 0 Å². The van der Waals surface area contributed by atoms with E-state index in [1.807, 2.05) is 0 Å². The number of hydrogen-bond acceptors (Lipinski definition) is 2. The zero-order chi connectivity index (χ0) is 7.72. The van der Waals surface area contributed by atoms with Crippen LogP contribution in [0.15, 0.2) is 0 Å². The first-order valence-corrected chi connectivity index (χ1v) is 3.70. The van der Waals surface area contributed by atoms with Crippen LogP contribution in [0.1, 0.15) is 19.8 Å². The van der Waals surface area contributed by atoms with E-state index in [9.17, 15) is 9.59 Å². The summed E-state index contributed by atoms with van der Waals surface area (Å²) in [7, 11) is 0. The fourth-order valence-electron chi connectivity index (χ4n) is 1.11. The van der Waals surface area contributed by atoms with Gasteiger partial charge in [-0.15, -0.1) is 0 Å². The van der Waals surface area contributed by atoms with Gasteiger partial charge in [0.25, 0.3) is 0 Å². The Morgan fingerprint density at radius 2 is 2.00 bits per heavy atom. The minimum atomic E-state index is -0.512. The second-order valence-electron chi connectivity index (χ2n) is 2.73. The van der Waals surface area contributed by atoms with Crippen LogP contribution >= 0.6 is 11.6 Å². The number of ketones is 1. The Bertz CT molecular complexity index is 158. The molecule has 1 aliphatic rings. The molecule has 1 aliphatic carbocycles. The van der Waals surface area contributed by atoms with Crippen molar-refractivity contribution in [1.82, 2.24) is 0 Å². The second-order valence-corrected chi connectivity index (χ2v) is 3.10. The summed E-state index contributed by atoms with van der Waals surface area (Å²) in [5.74, 6) is -0.355. The highest BCUT2D eigenvalue weighted by atomic mass is 35.5. The molecule has 2 nitrogen and oxygen atoms in total. The molecule has 3 heteroatoms. The highest BCUT2D eigenvalue weighted by Gasteiger charge is 2.38. The van der Waals surface area contributed by atoms with Crippen molar-refractivity contribution in [3.05, 3.63) is 0 Å². The Kier molecular flexibility index (Phi) is 2.09. The lowest BCUT2D eigenvalue weighted by atomic mass is 10.0. The summed E-state index contributed by atoms with van der Waals surface area (Å²) < 4.78 is 0. The minimum Gasteiger partial charge on any atom is -0.299 e. The van der Waals surface area contributed by atoms with Gasteiger partial charge in [-0.05, 0) is 37.3 Å². The average Bonchev–Trinajstić information content (AvgIpc) is 2.46. The molecular formula is C7H9ClO2. The van der Waals surface area contributed by atoms with Crippen molar-refractivity contribution < 1.29 is 9.59 Å². The Hall–Kier alpha value is -0.370. The van der Waals surface area contributed by atoms with Crippen LogP contribution in [0.5, 0.6) is 0 Å². The fourth-order valence-corrected chi connectivity index (χ4v) is 1.44. The van der Waals surface area contributed by atoms with Crippen molar-refractivity contribution in [1.29, 1.82) is 0 Å². The van der Waals surface area contributed by atoms with Crippen molar-refractivity contribution in [2.24, 2.45) is 11.8 Å². The minimum absolute atomic E-state index is 0.0949. The molecule has 56 valence electrons. The van der Waals surface area contributed by atoms with Gasteiger partial charge in [0.2, 0.25) is 5.24 Å². The van der Waals surface area contributed by atoms with Crippen LogP contribution < -0.4 is 0 Å².